The van der Waals surface area contributed by atoms with Crippen LogP contribution in [-0.4, -0.2) is 25.0 Å². The molecule has 0 aliphatic heterocycles. The Bertz CT molecular complexity index is 1090. The third kappa shape index (κ3) is 6.11. The molecule has 3 aromatic rings. The molecule has 0 aromatic heterocycles. The topological polar surface area (TPSA) is 76.7 Å². The number of ether oxygens (including phenoxy) is 2. The van der Waals surface area contributed by atoms with Gasteiger partial charge in [0.2, 0.25) is 0 Å². The number of carbonyl (C=O) groups is 2. The summed E-state index contributed by atoms with van der Waals surface area (Å²) >= 11 is 8.18. The zero-order valence-electron chi connectivity index (χ0n) is 16.8. The van der Waals surface area contributed by atoms with Crippen LogP contribution in [0.1, 0.15) is 17.3 Å². The van der Waals surface area contributed by atoms with Crippen molar-refractivity contribution in [3.8, 4) is 11.5 Å². The molecule has 2 amide bonds. The van der Waals surface area contributed by atoms with Gasteiger partial charge in [0.1, 0.15) is 11.5 Å². The molecule has 0 radical (unpaired) electrons. The standard InChI is InChI=1S/C23H20ClIN2O4/c1-14(31-20-6-4-3-5-18(20)24)22(28)26-16-8-10-17(11-9-16)27-23(29)15-7-12-21(30-2)19(25)13-15/h3-14H,1-2H3,(H,26,28)(H,27,29). The van der Waals surface area contributed by atoms with Crippen LogP contribution in [0.4, 0.5) is 11.4 Å². The number of hydrogen-bond donors (Lipinski definition) is 2. The van der Waals surface area contributed by atoms with E-state index in [4.69, 9.17) is 21.1 Å². The van der Waals surface area contributed by atoms with Crippen LogP contribution >= 0.6 is 34.2 Å². The lowest BCUT2D eigenvalue weighted by Gasteiger charge is -2.16. The van der Waals surface area contributed by atoms with Crippen LogP contribution in [0.15, 0.2) is 66.7 Å². The Morgan fingerprint density at radius 2 is 1.58 bits per heavy atom. The van der Waals surface area contributed by atoms with Crippen molar-refractivity contribution in [1.29, 1.82) is 0 Å². The van der Waals surface area contributed by atoms with Gasteiger partial charge >= 0.3 is 0 Å². The Hall–Kier alpha value is -2.78. The third-order valence-corrected chi connectivity index (χ3v) is 5.49. The lowest BCUT2D eigenvalue weighted by Crippen LogP contribution is -2.30. The predicted octanol–water partition coefficient (Wildman–Crippen LogP) is 5.61. The van der Waals surface area contributed by atoms with E-state index in [1.807, 2.05) is 0 Å². The van der Waals surface area contributed by atoms with E-state index in [1.165, 1.54) is 0 Å². The number of para-hydroxylation sites is 1. The monoisotopic (exact) mass is 550 g/mol. The quantitative estimate of drug-likeness (QED) is 0.375. The van der Waals surface area contributed by atoms with Gasteiger partial charge in [-0.2, -0.15) is 0 Å². The molecule has 31 heavy (non-hydrogen) atoms. The van der Waals surface area contributed by atoms with Crippen LogP contribution in [0.25, 0.3) is 0 Å². The van der Waals surface area contributed by atoms with E-state index in [2.05, 4.69) is 33.2 Å². The summed E-state index contributed by atoms with van der Waals surface area (Å²) in [6, 6.07) is 19.0. The SMILES string of the molecule is COc1ccc(C(=O)Nc2ccc(NC(=O)C(C)Oc3ccccc3Cl)cc2)cc1I. The number of amides is 2. The molecule has 0 spiro atoms. The lowest BCUT2D eigenvalue weighted by molar-refractivity contribution is -0.122. The van der Waals surface area contributed by atoms with Crippen molar-refractivity contribution in [1.82, 2.24) is 0 Å². The summed E-state index contributed by atoms with van der Waals surface area (Å²) in [7, 11) is 1.58. The molecule has 2 N–H and O–H groups in total. The minimum atomic E-state index is -0.739. The van der Waals surface area contributed by atoms with Gasteiger partial charge in [0.25, 0.3) is 11.8 Å². The van der Waals surface area contributed by atoms with Crippen molar-refractivity contribution in [2.24, 2.45) is 0 Å². The zero-order valence-corrected chi connectivity index (χ0v) is 19.7. The van der Waals surface area contributed by atoms with Gasteiger partial charge in [0, 0.05) is 16.9 Å². The van der Waals surface area contributed by atoms with Crippen LogP contribution < -0.4 is 20.1 Å². The number of carbonyl (C=O) groups excluding carboxylic acids is 2. The fourth-order valence-corrected chi connectivity index (χ4v) is 3.59. The van der Waals surface area contributed by atoms with E-state index >= 15 is 0 Å². The maximum Gasteiger partial charge on any atom is 0.265 e. The molecule has 0 aliphatic rings. The number of rotatable bonds is 7. The molecule has 1 unspecified atom stereocenters. The minimum Gasteiger partial charge on any atom is -0.496 e. The van der Waals surface area contributed by atoms with Crippen LogP contribution in [0.2, 0.25) is 5.02 Å². The Labute approximate surface area is 199 Å². The van der Waals surface area contributed by atoms with Gasteiger partial charge in [-0.1, -0.05) is 23.7 Å². The van der Waals surface area contributed by atoms with Gasteiger partial charge in [-0.3, -0.25) is 9.59 Å². The molecule has 8 heteroatoms. The lowest BCUT2D eigenvalue weighted by atomic mass is 10.2. The van der Waals surface area contributed by atoms with Crippen LogP contribution in [0.3, 0.4) is 0 Å². The van der Waals surface area contributed by atoms with E-state index in [1.54, 1.807) is 80.8 Å². The molecule has 6 nitrogen and oxygen atoms in total. The van der Waals surface area contributed by atoms with Crippen molar-refractivity contribution in [2.75, 3.05) is 17.7 Å². The molecule has 3 rings (SSSR count). The fourth-order valence-electron chi connectivity index (χ4n) is 2.68. The first-order valence-electron chi connectivity index (χ1n) is 9.34. The normalized spacial score (nSPS) is 11.4. The fraction of sp³-hybridized carbons (Fsp3) is 0.130. The van der Waals surface area contributed by atoms with Crippen molar-refractivity contribution in [3.05, 3.63) is 80.9 Å². The molecular formula is C23H20ClIN2O4. The first-order valence-corrected chi connectivity index (χ1v) is 10.8. The predicted molar refractivity (Wildman–Crippen MR) is 130 cm³/mol. The highest BCUT2D eigenvalue weighted by atomic mass is 127. The smallest absolute Gasteiger partial charge is 0.265 e. The summed E-state index contributed by atoms with van der Waals surface area (Å²) in [5.74, 6) is 0.603. The number of methoxy groups -OCH3 is 1. The van der Waals surface area contributed by atoms with Crippen LogP contribution in [0, 0.1) is 3.57 Å². The molecule has 0 heterocycles. The molecule has 0 fully saturated rings. The molecule has 0 saturated carbocycles. The maximum atomic E-state index is 12.5. The van der Waals surface area contributed by atoms with E-state index in [-0.39, 0.29) is 11.8 Å². The summed E-state index contributed by atoms with van der Waals surface area (Å²) < 4.78 is 11.7. The molecule has 0 saturated heterocycles. The van der Waals surface area contributed by atoms with E-state index < -0.39 is 6.10 Å². The largest absolute Gasteiger partial charge is 0.496 e. The summed E-state index contributed by atoms with van der Waals surface area (Å²) in [6.07, 6.45) is -0.739. The number of hydrogen-bond acceptors (Lipinski definition) is 4. The van der Waals surface area contributed by atoms with Gasteiger partial charge in [0.15, 0.2) is 6.10 Å². The third-order valence-electron chi connectivity index (χ3n) is 4.33. The number of halogens is 2. The average molecular weight is 551 g/mol. The number of anilines is 2. The second-order valence-electron chi connectivity index (χ2n) is 6.56. The first-order chi connectivity index (χ1) is 14.9. The van der Waals surface area contributed by atoms with Gasteiger partial charge in [-0.05, 0) is 84.1 Å². The second kappa shape index (κ2) is 10.5. The minimum absolute atomic E-state index is 0.237. The van der Waals surface area contributed by atoms with Gasteiger partial charge in [0.05, 0.1) is 15.7 Å². The van der Waals surface area contributed by atoms with Crippen LogP contribution in [0.5, 0.6) is 11.5 Å². The second-order valence-corrected chi connectivity index (χ2v) is 8.13. The Morgan fingerprint density at radius 1 is 0.935 bits per heavy atom. The maximum absolute atomic E-state index is 12.5. The Kier molecular flexibility index (Phi) is 7.75. The molecule has 0 aliphatic carbocycles. The van der Waals surface area contributed by atoms with Crippen molar-refractivity contribution < 1.29 is 19.1 Å². The highest BCUT2D eigenvalue weighted by molar-refractivity contribution is 14.1. The van der Waals surface area contributed by atoms with Gasteiger partial charge in [-0.15, -0.1) is 0 Å². The Balaban J connectivity index is 1.58. The van der Waals surface area contributed by atoms with E-state index in [0.717, 1.165) is 3.57 Å². The molecule has 3 aromatic carbocycles. The molecule has 0 bridgehead atoms. The van der Waals surface area contributed by atoms with E-state index in [0.29, 0.717) is 33.5 Å². The van der Waals surface area contributed by atoms with Gasteiger partial charge < -0.3 is 20.1 Å². The number of benzene rings is 3. The zero-order chi connectivity index (χ0) is 22.4. The molecule has 160 valence electrons. The number of nitrogens with one attached hydrogen (secondary N) is 2. The average Bonchev–Trinajstić information content (AvgIpc) is 2.76. The molecule has 1 atom stereocenters. The van der Waals surface area contributed by atoms with Crippen molar-refractivity contribution >= 4 is 57.4 Å². The summed E-state index contributed by atoms with van der Waals surface area (Å²) in [6.45, 7) is 1.64. The highest BCUT2D eigenvalue weighted by Gasteiger charge is 2.16. The summed E-state index contributed by atoms with van der Waals surface area (Å²) in [5, 5.41) is 6.05. The Morgan fingerprint density at radius 3 is 2.19 bits per heavy atom. The molecular weight excluding hydrogens is 531 g/mol. The summed E-state index contributed by atoms with van der Waals surface area (Å²) in [5.41, 5.74) is 1.71. The first kappa shape index (κ1) is 22.9. The summed E-state index contributed by atoms with van der Waals surface area (Å²) in [4.78, 5) is 24.9. The highest BCUT2D eigenvalue weighted by Crippen LogP contribution is 2.25. The van der Waals surface area contributed by atoms with Crippen molar-refractivity contribution in [2.45, 2.75) is 13.0 Å². The van der Waals surface area contributed by atoms with E-state index in [9.17, 15) is 9.59 Å². The van der Waals surface area contributed by atoms with Crippen molar-refractivity contribution in [3.63, 3.8) is 0 Å². The van der Waals surface area contributed by atoms with Gasteiger partial charge in [-0.25, -0.2) is 0 Å². The van der Waals surface area contributed by atoms with Crippen LogP contribution in [-0.2, 0) is 4.79 Å².